The molecule has 0 aliphatic heterocycles. The third-order valence-electron chi connectivity index (χ3n) is 11.6. The van der Waals surface area contributed by atoms with Crippen molar-refractivity contribution in [1.29, 1.82) is 0 Å². The Labute approximate surface area is 332 Å². The molecule has 266 valence electrons. The Hall–Kier alpha value is -7.48. The molecular weight excluding hydrogens is 687 g/mol. The van der Waals surface area contributed by atoms with E-state index >= 15 is 0 Å². The molecule has 0 saturated heterocycles. The molecule has 57 heavy (non-hydrogen) atoms. The van der Waals surface area contributed by atoms with Gasteiger partial charge in [-0.05, 0) is 124 Å². The number of hydrogen-bond acceptors (Lipinski definition) is 1. The minimum atomic E-state index is 1.10. The highest BCUT2D eigenvalue weighted by Gasteiger charge is 2.19. The third-order valence-corrected chi connectivity index (χ3v) is 11.6. The van der Waals surface area contributed by atoms with Gasteiger partial charge in [0.15, 0.2) is 0 Å². The maximum atomic E-state index is 2.45. The van der Waals surface area contributed by atoms with Gasteiger partial charge < -0.3 is 4.90 Å². The summed E-state index contributed by atoms with van der Waals surface area (Å²) in [6, 6.07) is 82.1. The van der Waals surface area contributed by atoms with Gasteiger partial charge in [-0.1, -0.05) is 182 Å². The van der Waals surface area contributed by atoms with Gasteiger partial charge in [0, 0.05) is 16.8 Å². The SMILES string of the molecule is c1ccc(-c2cccc3c(N(c4cccc(-c5cc6ccccc6c6ccccc56)c4)c4cccc(-c5cc6ccccc6c6ccccc56)c4)cccc23)cc1. The second kappa shape index (κ2) is 13.7. The number of fused-ring (bicyclic) bond motifs is 7. The lowest BCUT2D eigenvalue weighted by molar-refractivity contribution is 1.30. The van der Waals surface area contributed by atoms with E-state index in [0.29, 0.717) is 0 Å². The van der Waals surface area contributed by atoms with Gasteiger partial charge >= 0.3 is 0 Å². The summed E-state index contributed by atoms with van der Waals surface area (Å²) in [4.78, 5) is 2.45. The van der Waals surface area contributed by atoms with Crippen molar-refractivity contribution in [1.82, 2.24) is 0 Å². The van der Waals surface area contributed by atoms with Crippen LogP contribution >= 0.6 is 0 Å². The maximum absolute atomic E-state index is 2.45. The zero-order chi connectivity index (χ0) is 37.7. The van der Waals surface area contributed by atoms with Crippen molar-refractivity contribution in [2.75, 3.05) is 4.90 Å². The molecule has 0 radical (unpaired) electrons. The third kappa shape index (κ3) is 5.63. The fraction of sp³-hybridized carbons (Fsp3) is 0. The normalized spacial score (nSPS) is 11.5. The first-order valence-corrected chi connectivity index (χ1v) is 19.7. The van der Waals surface area contributed by atoms with Gasteiger partial charge in [0.05, 0.1) is 5.69 Å². The summed E-state index contributed by atoms with van der Waals surface area (Å²) in [5, 5.41) is 12.5. The monoisotopic (exact) mass is 723 g/mol. The summed E-state index contributed by atoms with van der Waals surface area (Å²) in [6.45, 7) is 0. The fourth-order valence-electron chi connectivity index (χ4n) is 9.00. The van der Waals surface area contributed by atoms with Gasteiger partial charge in [-0.25, -0.2) is 0 Å². The molecule has 0 aliphatic rings. The molecule has 0 amide bonds. The summed E-state index contributed by atoms with van der Waals surface area (Å²) in [5.41, 5.74) is 10.6. The van der Waals surface area contributed by atoms with Gasteiger partial charge in [0.25, 0.3) is 0 Å². The average molecular weight is 724 g/mol. The summed E-state index contributed by atoms with van der Waals surface area (Å²) < 4.78 is 0. The Balaban J connectivity index is 1.15. The van der Waals surface area contributed by atoms with Gasteiger partial charge in [0.1, 0.15) is 0 Å². The van der Waals surface area contributed by atoms with Crippen LogP contribution in [-0.2, 0) is 0 Å². The molecule has 0 fully saturated rings. The molecule has 11 aromatic rings. The molecule has 0 aromatic heterocycles. The Morgan fingerprint density at radius 2 is 0.632 bits per heavy atom. The largest absolute Gasteiger partial charge is 0.310 e. The van der Waals surface area contributed by atoms with Gasteiger partial charge in [-0.2, -0.15) is 0 Å². The zero-order valence-corrected chi connectivity index (χ0v) is 31.3. The van der Waals surface area contributed by atoms with Crippen LogP contribution in [0.3, 0.4) is 0 Å². The number of anilines is 3. The van der Waals surface area contributed by atoms with E-state index in [4.69, 9.17) is 0 Å². The van der Waals surface area contributed by atoms with Gasteiger partial charge in [-0.15, -0.1) is 0 Å². The van der Waals surface area contributed by atoms with Crippen LogP contribution in [-0.4, -0.2) is 0 Å². The quantitative estimate of drug-likeness (QED) is 0.154. The topological polar surface area (TPSA) is 3.24 Å². The average Bonchev–Trinajstić information content (AvgIpc) is 3.29. The first kappa shape index (κ1) is 32.9. The molecule has 0 bridgehead atoms. The molecule has 11 rings (SSSR count). The van der Waals surface area contributed by atoms with Gasteiger partial charge in [0.2, 0.25) is 0 Å². The van der Waals surface area contributed by atoms with E-state index in [2.05, 4.69) is 229 Å². The molecule has 0 unspecified atom stereocenters. The van der Waals surface area contributed by atoms with E-state index in [9.17, 15) is 0 Å². The Morgan fingerprint density at radius 3 is 1.21 bits per heavy atom. The molecule has 0 spiro atoms. The molecule has 0 aliphatic carbocycles. The van der Waals surface area contributed by atoms with Crippen molar-refractivity contribution in [2.24, 2.45) is 0 Å². The second-order valence-corrected chi connectivity index (χ2v) is 14.9. The van der Waals surface area contributed by atoms with Crippen LogP contribution in [0.25, 0.3) is 87.2 Å². The van der Waals surface area contributed by atoms with E-state index in [0.717, 1.165) is 17.1 Å². The first-order valence-electron chi connectivity index (χ1n) is 19.7. The lowest BCUT2D eigenvalue weighted by atomic mass is 9.92. The van der Waals surface area contributed by atoms with Crippen molar-refractivity contribution >= 4 is 70.9 Å². The smallest absolute Gasteiger partial charge is 0.0540 e. The van der Waals surface area contributed by atoms with E-state index in [1.54, 1.807) is 0 Å². The zero-order valence-electron chi connectivity index (χ0n) is 31.3. The Bertz CT molecular complexity index is 3140. The Kier molecular flexibility index (Phi) is 7.89. The highest BCUT2D eigenvalue weighted by molar-refractivity contribution is 6.15. The predicted molar refractivity (Wildman–Crippen MR) is 245 cm³/mol. The lowest BCUT2D eigenvalue weighted by Crippen LogP contribution is -2.11. The van der Waals surface area contributed by atoms with E-state index < -0.39 is 0 Å². The Morgan fingerprint density at radius 1 is 0.228 bits per heavy atom. The van der Waals surface area contributed by atoms with Crippen molar-refractivity contribution < 1.29 is 0 Å². The van der Waals surface area contributed by atoms with Crippen LogP contribution < -0.4 is 4.90 Å². The van der Waals surface area contributed by atoms with Crippen LogP contribution in [0.1, 0.15) is 0 Å². The highest BCUT2D eigenvalue weighted by atomic mass is 15.1. The fourth-order valence-corrected chi connectivity index (χ4v) is 9.00. The molecule has 0 saturated carbocycles. The van der Waals surface area contributed by atoms with E-state index in [1.807, 2.05) is 0 Å². The number of benzene rings is 11. The standard InChI is InChI=1S/C56H37N/c1-2-16-38(17-3-1)45-30-14-32-53-50(45)31-15-33-56(53)57(43-22-12-20-39(34-43)54-36-41-18-4-6-24-46(41)48-26-8-10-28-51(48)54)44-23-13-21-40(35-44)55-37-42-19-5-7-25-47(42)49-27-9-11-29-52(49)55/h1-37H. The van der Waals surface area contributed by atoms with Crippen molar-refractivity contribution in [3.8, 4) is 33.4 Å². The first-order chi connectivity index (χ1) is 28.3. The highest BCUT2D eigenvalue weighted by Crippen LogP contribution is 2.45. The molecule has 0 heterocycles. The number of rotatable bonds is 6. The minimum Gasteiger partial charge on any atom is -0.310 e. The second-order valence-electron chi connectivity index (χ2n) is 14.9. The van der Waals surface area contributed by atoms with Crippen molar-refractivity contribution in [2.45, 2.75) is 0 Å². The van der Waals surface area contributed by atoms with Crippen LogP contribution in [0.15, 0.2) is 224 Å². The summed E-state index contributed by atoms with van der Waals surface area (Å²) >= 11 is 0. The molecule has 0 N–H and O–H groups in total. The van der Waals surface area contributed by atoms with Crippen LogP contribution in [0.5, 0.6) is 0 Å². The van der Waals surface area contributed by atoms with E-state index in [1.165, 1.54) is 87.2 Å². The molecule has 11 aromatic carbocycles. The summed E-state index contributed by atoms with van der Waals surface area (Å²) in [5.74, 6) is 0. The molecular formula is C56H37N. The summed E-state index contributed by atoms with van der Waals surface area (Å²) in [6.07, 6.45) is 0. The van der Waals surface area contributed by atoms with Crippen LogP contribution in [0.2, 0.25) is 0 Å². The van der Waals surface area contributed by atoms with E-state index in [-0.39, 0.29) is 0 Å². The molecule has 1 heteroatoms. The molecule has 1 nitrogen and oxygen atoms in total. The van der Waals surface area contributed by atoms with Crippen LogP contribution in [0.4, 0.5) is 17.1 Å². The maximum Gasteiger partial charge on any atom is 0.0540 e. The predicted octanol–water partition coefficient (Wildman–Crippen LogP) is 15.9. The summed E-state index contributed by atoms with van der Waals surface area (Å²) in [7, 11) is 0. The number of hydrogen-bond donors (Lipinski definition) is 0. The van der Waals surface area contributed by atoms with Crippen molar-refractivity contribution in [3.05, 3.63) is 224 Å². The minimum absolute atomic E-state index is 1.10. The lowest BCUT2D eigenvalue weighted by Gasteiger charge is -2.28. The van der Waals surface area contributed by atoms with Crippen LogP contribution in [0, 0.1) is 0 Å². The van der Waals surface area contributed by atoms with Gasteiger partial charge in [-0.3, -0.25) is 0 Å². The van der Waals surface area contributed by atoms with Crippen molar-refractivity contribution in [3.63, 3.8) is 0 Å². The molecule has 0 atom stereocenters. The number of nitrogens with zero attached hydrogens (tertiary/aromatic N) is 1.